The summed E-state index contributed by atoms with van der Waals surface area (Å²) in [5.74, 6) is 1.35. The zero-order valence-electron chi connectivity index (χ0n) is 11.4. The lowest BCUT2D eigenvalue weighted by Crippen LogP contribution is -1.91. The Balaban J connectivity index is 2.03. The first kappa shape index (κ1) is 13.7. The van der Waals surface area contributed by atoms with Crippen molar-refractivity contribution >= 4 is 26.7 Å². The Hall–Kier alpha value is -2.31. The predicted octanol–water partition coefficient (Wildman–Crippen LogP) is 5.57. The maximum atomic E-state index is 9.19. The molecule has 102 valence electrons. The van der Waals surface area contributed by atoms with E-state index in [1.807, 2.05) is 49.4 Å². The van der Waals surface area contributed by atoms with Crippen LogP contribution in [0.4, 0.5) is 0 Å². The van der Waals surface area contributed by atoms with E-state index in [9.17, 15) is 5.26 Å². The second-order valence-corrected chi connectivity index (χ2v) is 5.73. The highest BCUT2D eigenvalue weighted by Gasteiger charge is 2.08. The average Bonchev–Trinajstić information content (AvgIpc) is 2.49. The minimum atomic E-state index is 0.547. The molecule has 2 nitrogen and oxygen atoms in total. The fourth-order valence-corrected chi connectivity index (χ4v) is 2.63. The molecule has 21 heavy (non-hydrogen) atoms. The third kappa shape index (κ3) is 2.76. The number of hydrogen-bond acceptors (Lipinski definition) is 2. The van der Waals surface area contributed by atoms with Crippen molar-refractivity contribution in [1.82, 2.24) is 0 Å². The summed E-state index contributed by atoms with van der Waals surface area (Å²) in [5, 5.41) is 11.4. The quantitative estimate of drug-likeness (QED) is 0.611. The summed E-state index contributed by atoms with van der Waals surface area (Å²) in [6.07, 6.45) is 0. The second kappa shape index (κ2) is 5.59. The molecule has 0 spiro atoms. The van der Waals surface area contributed by atoms with E-state index in [4.69, 9.17) is 4.74 Å². The molecule has 0 saturated heterocycles. The first-order valence-electron chi connectivity index (χ1n) is 6.54. The Morgan fingerprint density at radius 2 is 1.76 bits per heavy atom. The normalized spacial score (nSPS) is 10.3. The molecule has 0 amide bonds. The number of benzene rings is 3. The molecule has 3 aromatic carbocycles. The van der Waals surface area contributed by atoms with Crippen LogP contribution >= 0.6 is 15.9 Å². The molecule has 0 aromatic heterocycles. The summed E-state index contributed by atoms with van der Waals surface area (Å²) in [4.78, 5) is 0. The molecule has 0 bridgehead atoms. The van der Waals surface area contributed by atoms with Gasteiger partial charge in [-0.3, -0.25) is 0 Å². The summed E-state index contributed by atoms with van der Waals surface area (Å²) < 4.78 is 6.99. The Bertz CT molecular complexity index is 865. The van der Waals surface area contributed by atoms with Gasteiger partial charge in [0, 0.05) is 4.47 Å². The van der Waals surface area contributed by atoms with E-state index in [2.05, 4.69) is 28.1 Å². The van der Waals surface area contributed by atoms with Gasteiger partial charge in [0.05, 0.1) is 5.56 Å². The Morgan fingerprint density at radius 3 is 2.57 bits per heavy atom. The fraction of sp³-hybridized carbons (Fsp3) is 0.0556. The molecule has 0 fully saturated rings. The van der Waals surface area contributed by atoms with Gasteiger partial charge in [-0.15, -0.1) is 0 Å². The van der Waals surface area contributed by atoms with Crippen LogP contribution in [0.3, 0.4) is 0 Å². The van der Waals surface area contributed by atoms with Crippen molar-refractivity contribution in [3.05, 3.63) is 70.2 Å². The van der Waals surface area contributed by atoms with E-state index in [1.54, 1.807) is 6.07 Å². The maximum absolute atomic E-state index is 9.19. The van der Waals surface area contributed by atoms with E-state index in [0.29, 0.717) is 11.3 Å². The summed E-state index contributed by atoms with van der Waals surface area (Å²) in [7, 11) is 0. The van der Waals surface area contributed by atoms with Crippen molar-refractivity contribution < 1.29 is 4.74 Å². The summed E-state index contributed by atoms with van der Waals surface area (Å²) in [6, 6.07) is 19.7. The maximum Gasteiger partial charge on any atom is 0.148 e. The number of halogens is 1. The van der Waals surface area contributed by atoms with Gasteiger partial charge in [-0.05, 0) is 53.6 Å². The van der Waals surface area contributed by atoms with Crippen molar-refractivity contribution in [2.75, 3.05) is 0 Å². The van der Waals surface area contributed by atoms with Crippen molar-refractivity contribution in [3.8, 4) is 17.6 Å². The number of nitrogens with zero attached hydrogens (tertiary/aromatic N) is 1. The lowest BCUT2D eigenvalue weighted by atomic mass is 10.1. The van der Waals surface area contributed by atoms with Crippen molar-refractivity contribution in [1.29, 1.82) is 5.26 Å². The Labute approximate surface area is 131 Å². The number of aryl methyl sites for hydroxylation is 1. The zero-order valence-corrected chi connectivity index (χ0v) is 13.0. The molecule has 0 aliphatic heterocycles. The molecule has 0 heterocycles. The van der Waals surface area contributed by atoms with Crippen LogP contribution in [0.5, 0.6) is 11.5 Å². The van der Waals surface area contributed by atoms with Gasteiger partial charge in [0.15, 0.2) is 0 Å². The fourth-order valence-electron chi connectivity index (χ4n) is 2.25. The largest absolute Gasteiger partial charge is 0.456 e. The van der Waals surface area contributed by atoms with Crippen LogP contribution in [0.25, 0.3) is 10.8 Å². The van der Waals surface area contributed by atoms with E-state index in [-0.39, 0.29) is 0 Å². The Kier molecular flexibility index (Phi) is 3.64. The molecule has 0 N–H and O–H groups in total. The molecular weight excluding hydrogens is 326 g/mol. The topological polar surface area (TPSA) is 33.0 Å². The smallest absolute Gasteiger partial charge is 0.148 e. The number of ether oxygens (including phenoxy) is 1. The SMILES string of the molecule is Cc1cccc(C#N)c1Oc1ccc2cc(Br)ccc2c1. The van der Waals surface area contributed by atoms with Crippen LogP contribution in [0.2, 0.25) is 0 Å². The third-order valence-electron chi connectivity index (χ3n) is 3.33. The van der Waals surface area contributed by atoms with Gasteiger partial charge in [0.2, 0.25) is 0 Å². The molecule has 3 aromatic rings. The molecule has 0 saturated carbocycles. The molecule has 0 aliphatic rings. The first-order valence-corrected chi connectivity index (χ1v) is 7.33. The van der Waals surface area contributed by atoms with Gasteiger partial charge < -0.3 is 4.74 Å². The monoisotopic (exact) mass is 337 g/mol. The van der Waals surface area contributed by atoms with E-state index in [0.717, 1.165) is 26.6 Å². The Morgan fingerprint density at radius 1 is 1.00 bits per heavy atom. The molecule has 3 heteroatoms. The number of rotatable bonds is 2. The number of para-hydroxylation sites is 1. The second-order valence-electron chi connectivity index (χ2n) is 4.82. The van der Waals surface area contributed by atoms with Gasteiger partial charge in [-0.1, -0.05) is 40.2 Å². The van der Waals surface area contributed by atoms with Gasteiger partial charge in [0.25, 0.3) is 0 Å². The van der Waals surface area contributed by atoms with E-state index < -0.39 is 0 Å². The minimum Gasteiger partial charge on any atom is -0.456 e. The van der Waals surface area contributed by atoms with E-state index >= 15 is 0 Å². The average molecular weight is 338 g/mol. The lowest BCUT2D eigenvalue weighted by Gasteiger charge is -2.11. The molecule has 3 rings (SSSR count). The van der Waals surface area contributed by atoms with Crippen LogP contribution in [0.15, 0.2) is 59.1 Å². The van der Waals surface area contributed by atoms with Crippen LogP contribution in [0, 0.1) is 18.3 Å². The highest BCUT2D eigenvalue weighted by molar-refractivity contribution is 9.10. The van der Waals surface area contributed by atoms with Crippen LogP contribution < -0.4 is 4.74 Å². The van der Waals surface area contributed by atoms with Crippen LogP contribution in [0.1, 0.15) is 11.1 Å². The zero-order chi connectivity index (χ0) is 14.8. The third-order valence-corrected chi connectivity index (χ3v) is 3.82. The summed E-state index contributed by atoms with van der Waals surface area (Å²) in [5.41, 5.74) is 1.50. The summed E-state index contributed by atoms with van der Waals surface area (Å²) >= 11 is 3.47. The van der Waals surface area contributed by atoms with E-state index in [1.165, 1.54) is 0 Å². The van der Waals surface area contributed by atoms with Crippen LogP contribution in [-0.4, -0.2) is 0 Å². The lowest BCUT2D eigenvalue weighted by molar-refractivity contribution is 0.478. The van der Waals surface area contributed by atoms with Gasteiger partial charge in [-0.25, -0.2) is 0 Å². The van der Waals surface area contributed by atoms with Crippen molar-refractivity contribution in [3.63, 3.8) is 0 Å². The number of fused-ring (bicyclic) bond motifs is 1. The van der Waals surface area contributed by atoms with Gasteiger partial charge in [-0.2, -0.15) is 5.26 Å². The van der Waals surface area contributed by atoms with Crippen LogP contribution in [-0.2, 0) is 0 Å². The van der Waals surface area contributed by atoms with Gasteiger partial charge in [0.1, 0.15) is 17.6 Å². The van der Waals surface area contributed by atoms with Crippen molar-refractivity contribution in [2.24, 2.45) is 0 Å². The summed E-state index contributed by atoms with van der Waals surface area (Å²) in [6.45, 7) is 1.94. The highest BCUT2D eigenvalue weighted by atomic mass is 79.9. The molecule has 0 unspecified atom stereocenters. The molecule has 0 radical (unpaired) electrons. The first-order chi connectivity index (χ1) is 10.2. The number of nitriles is 1. The molecular formula is C18H12BrNO. The highest BCUT2D eigenvalue weighted by Crippen LogP contribution is 2.31. The number of hydrogen-bond donors (Lipinski definition) is 0. The van der Waals surface area contributed by atoms with Crippen molar-refractivity contribution in [2.45, 2.75) is 6.92 Å². The molecule has 0 aliphatic carbocycles. The minimum absolute atomic E-state index is 0.547. The standard InChI is InChI=1S/C18H12BrNO/c1-12-3-2-4-15(11-20)18(12)21-17-8-6-13-9-16(19)7-5-14(13)10-17/h2-10H,1H3. The van der Waals surface area contributed by atoms with Gasteiger partial charge >= 0.3 is 0 Å². The predicted molar refractivity (Wildman–Crippen MR) is 87.6 cm³/mol. The molecule has 0 atom stereocenters.